The molecule has 0 fully saturated rings. The number of hydrogen-bond donors (Lipinski definition) is 4. The van der Waals surface area contributed by atoms with Gasteiger partial charge in [0.15, 0.2) is 5.69 Å². The van der Waals surface area contributed by atoms with Gasteiger partial charge in [-0.25, -0.2) is 39.4 Å². The maximum Gasteiger partial charge on any atom is 0.346 e. The van der Waals surface area contributed by atoms with Gasteiger partial charge in [0.05, 0.1) is 34.2 Å². The molecule has 0 amide bonds. The Morgan fingerprint density at radius 2 is 1.06 bits per heavy atom. The summed E-state index contributed by atoms with van der Waals surface area (Å²) in [7, 11) is 0. The van der Waals surface area contributed by atoms with Crippen molar-refractivity contribution in [2.75, 3.05) is 21.7 Å². The molecule has 0 bridgehead atoms. The van der Waals surface area contributed by atoms with Crippen LogP contribution in [-0.4, -0.2) is 49.0 Å². The van der Waals surface area contributed by atoms with Crippen molar-refractivity contribution in [3.05, 3.63) is 123 Å². The van der Waals surface area contributed by atoms with Gasteiger partial charge in [-0.15, -0.1) is 4.68 Å². The molecule has 0 aromatic carbocycles. The number of nitrogens with one attached hydrogen (secondary N) is 4. The fraction of sp³-hybridized carbons (Fsp3) is 0.0345. The van der Waals surface area contributed by atoms with Crippen molar-refractivity contribution >= 4 is 88.2 Å². The number of fused-ring (bicyclic) bond motifs is 4. The summed E-state index contributed by atoms with van der Waals surface area (Å²) >= 11 is 8.07. The number of aliphatic imine (C=N–C) groups is 4. The Hall–Kier alpha value is -5.69. The third-order valence-corrected chi connectivity index (χ3v) is 7.50. The van der Waals surface area contributed by atoms with Crippen LogP contribution in [0, 0.1) is 19.8 Å². The Labute approximate surface area is 286 Å². The first-order valence-electron chi connectivity index (χ1n) is 13.0. The van der Waals surface area contributed by atoms with Crippen LogP contribution in [0.2, 0.25) is 5.15 Å². The average molecular weight is 772 g/mol. The van der Waals surface area contributed by atoms with Crippen LogP contribution in [0.15, 0.2) is 94.8 Å². The molecule has 18 heteroatoms. The van der Waals surface area contributed by atoms with Gasteiger partial charge < -0.3 is 10.1 Å². The smallest absolute Gasteiger partial charge is 0.346 e. The standard InChI is InChI=1S/C7H6ClN3.C7H6FN3.C7H6IN3.C7H6N4O2.CH4/c3*1-5-6-2-3-7(8)11(6)10-4-9-5;1-5-6-2-3-7(11(12)13)10(6)9-4-8-5;/h3*2-4H,1H2,(H,9,10);2-4H,1H2,(H,8,9);1H4. The molecule has 0 saturated heterocycles. The van der Waals surface area contributed by atoms with Crippen LogP contribution in [0.25, 0.3) is 22.8 Å². The van der Waals surface area contributed by atoms with Crippen LogP contribution >= 0.6 is 34.2 Å². The lowest BCUT2D eigenvalue weighted by Crippen LogP contribution is -2.20. The molecule has 4 aromatic heterocycles. The first-order valence-corrected chi connectivity index (χ1v) is 14.4. The summed E-state index contributed by atoms with van der Waals surface area (Å²) < 4.78 is 20.2. The van der Waals surface area contributed by atoms with E-state index in [9.17, 15) is 14.5 Å². The predicted molar refractivity (Wildman–Crippen MR) is 196 cm³/mol. The molecule has 0 spiro atoms. The number of nitro groups is 1. The third-order valence-electron chi connectivity index (χ3n) is 6.36. The molecule has 4 aliphatic heterocycles. The van der Waals surface area contributed by atoms with Gasteiger partial charge in [-0.3, -0.25) is 16.3 Å². The second kappa shape index (κ2) is 14.6. The number of nitrogens with zero attached hydrogens (tertiary/aromatic N) is 9. The minimum atomic E-state index is -0.469. The fourth-order valence-electron chi connectivity index (χ4n) is 4.16. The first-order chi connectivity index (χ1) is 22.1. The van der Waals surface area contributed by atoms with Crippen LogP contribution in [0.1, 0.15) is 30.2 Å². The lowest BCUT2D eigenvalue weighted by atomic mass is 10.3. The van der Waals surface area contributed by atoms with Crippen LogP contribution in [-0.2, 0) is 0 Å². The SMILES string of the molecule is C.C=C1N=CNn2c(Cl)ccc21.C=C1N=CNn2c(F)ccc21.C=C1N=CNn2c(I)ccc21.C=C1N=CNn2c1ccc2[N+](=O)[O-]. The molecule has 0 aliphatic carbocycles. The van der Waals surface area contributed by atoms with Gasteiger partial charge in [0.2, 0.25) is 5.95 Å². The van der Waals surface area contributed by atoms with Crippen molar-refractivity contribution in [1.29, 1.82) is 0 Å². The van der Waals surface area contributed by atoms with E-state index in [1.165, 1.54) is 34.2 Å². The average Bonchev–Trinajstić information content (AvgIpc) is 3.83. The Morgan fingerprint density at radius 3 is 1.57 bits per heavy atom. The van der Waals surface area contributed by atoms with Crippen LogP contribution in [0.4, 0.5) is 10.2 Å². The topological polar surface area (TPSA) is 160 Å². The van der Waals surface area contributed by atoms with Crippen molar-refractivity contribution in [2.45, 2.75) is 7.43 Å². The number of rotatable bonds is 1. The highest BCUT2D eigenvalue weighted by atomic mass is 127. The molecule has 0 saturated carbocycles. The molecular weight excluding hydrogens is 744 g/mol. The maximum absolute atomic E-state index is 12.8. The second-order valence-electron chi connectivity index (χ2n) is 9.14. The van der Waals surface area contributed by atoms with Gasteiger partial charge in [0.25, 0.3) is 0 Å². The van der Waals surface area contributed by atoms with Gasteiger partial charge in [-0.1, -0.05) is 45.3 Å². The Kier molecular flexibility index (Phi) is 10.6. The fourth-order valence-corrected chi connectivity index (χ4v) is 4.94. The largest absolute Gasteiger partial charge is 0.358 e. The summed E-state index contributed by atoms with van der Waals surface area (Å²) in [6.45, 7) is 14.8. The highest BCUT2D eigenvalue weighted by Gasteiger charge is 2.22. The van der Waals surface area contributed by atoms with E-state index in [0.29, 0.717) is 27.9 Å². The van der Waals surface area contributed by atoms with Gasteiger partial charge in [0.1, 0.15) is 39.9 Å². The molecule has 4 N–H and O–H groups in total. The number of aromatic nitrogens is 4. The normalized spacial score (nSPS) is 13.9. The zero-order chi connectivity index (χ0) is 33.0. The minimum absolute atomic E-state index is 0. The van der Waals surface area contributed by atoms with Crippen LogP contribution < -0.4 is 21.7 Å². The van der Waals surface area contributed by atoms with Crippen molar-refractivity contribution in [1.82, 2.24) is 18.7 Å². The highest BCUT2D eigenvalue weighted by molar-refractivity contribution is 14.1. The molecular formula is C29H28ClFIN13O2. The quantitative estimate of drug-likeness (QED) is 0.104. The summed E-state index contributed by atoms with van der Waals surface area (Å²) in [4.78, 5) is 25.8. The van der Waals surface area contributed by atoms with E-state index in [1.807, 2.05) is 22.9 Å². The van der Waals surface area contributed by atoms with Crippen molar-refractivity contribution in [3.8, 4) is 0 Å². The molecule has 242 valence electrons. The third kappa shape index (κ3) is 7.25. The van der Waals surface area contributed by atoms with E-state index >= 15 is 0 Å². The summed E-state index contributed by atoms with van der Waals surface area (Å²) in [5, 5.41) is 11.1. The van der Waals surface area contributed by atoms with E-state index in [-0.39, 0.29) is 19.2 Å². The summed E-state index contributed by atoms with van der Waals surface area (Å²) in [5.41, 5.74) is 16.9. The Bertz CT molecular complexity index is 1850. The molecule has 0 unspecified atom stereocenters. The van der Waals surface area contributed by atoms with E-state index in [1.54, 1.807) is 35.6 Å². The molecule has 47 heavy (non-hydrogen) atoms. The highest BCUT2D eigenvalue weighted by Crippen LogP contribution is 2.24. The van der Waals surface area contributed by atoms with Crippen molar-refractivity contribution < 1.29 is 9.31 Å². The second-order valence-corrected chi connectivity index (χ2v) is 10.6. The molecule has 15 nitrogen and oxygen atoms in total. The van der Waals surface area contributed by atoms with Gasteiger partial charge in [-0.05, 0) is 70.0 Å². The van der Waals surface area contributed by atoms with Crippen molar-refractivity contribution in [3.63, 3.8) is 0 Å². The number of hydrogen-bond acceptors (Lipinski definition) is 10. The van der Waals surface area contributed by atoms with E-state index in [0.717, 1.165) is 26.5 Å². The molecule has 8 heterocycles. The predicted octanol–water partition coefficient (Wildman–Crippen LogP) is 6.12. The van der Waals surface area contributed by atoms with Crippen LogP contribution in [0.5, 0.6) is 0 Å². The lowest BCUT2D eigenvalue weighted by molar-refractivity contribution is -0.391. The Morgan fingerprint density at radius 1 is 0.660 bits per heavy atom. The maximum atomic E-state index is 12.8. The van der Waals surface area contributed by atoms with E-state index < -0.39 is 4.92 Å². The molecule has 0 radical (unpaired) electrons. The van der Waals surface area contributed by atoms with Gasteiger partial charge >= 0.3 is 5.82 Å². The van der Waals surface area contributed by atoms with E-state index in [2.05, 4.69) is 90.6 Å². The van der Waals surface area contributed by atoms with Crippen LogP contribution in [0.3, 0.4) is 0 Å². The lowest BCUT2D eigenvalue weighted by Gasteiger charge is -2.13. The molecule has 8 rings (SSSR count). The monoisotopic (exact) mass is 771 g/mol. The minimum Gasteiger partial charge on any atom is -0.358 e. The molecule has 4 aromatic rings. The van der Waals surface area contributed by atoms with E-state index in [4.69, 9.17) is 11.6 Å². The van der Waals surface area contributed by atoms with Gasteiger partial charge in [-0.2, -0.15) is 4.39 Å². The summed E-state index contributed by atoms with van der Waals surface area (Å²) in [6.07, 6.45) is 5.96. The molecule has 4 aliphatic rings. The summed E-state index contributed by atoms with van der Waals surface area (Å²) in [6, 6.07) is 13.7. The van der Waals surface area contributed by atoms with Gasteiger partial charge in [0, 0.05) is 6.07 Å². The first kappa shape index (κ1) is 34.2. The zero-order valence-electron chi connectivity index (χ0n) is 23.7. The Balaban J connectivity index is 0.000000141. The number of halogens is 3. The zero-order valence-corrected chi connectivity index (χ0v) is 26.6. The van der Waals surface area contributed by atoms with Crippen molar-refractivity contribution in [2.24, 2.45) is 20.0 Å². The molecule has 0 atom stereocenters. The summed E-state index contributed by atoms with van der Waals surface area (Å²) in [5.74, 6) is -0.366.